The van der Waals surface area contributed by atoms with Crippen LogP contribution in [-0.2, 0) is 0 Å². The van der Waals surface area contributed by atoms with E-state index < -0.39 is 10.5 Å². The monoisotopic (exact) mass is 416 g/mol. The van der Waals surface area contributed by atoms with Crippen LogP contribution < -0.4 is 19.5 Å². The lowest BCUT2D eigenvalue weighted by atomic mass is 10.1. The predicted octanol–water partition coefficient (Wildman–Crippen LogP) is 2.50. The number of nitrogens with one attached hydrogen (secondary N) is 1. The molecule has 0 aliphatic rings. The molecule has 1 N–H and O–H groups in total. The highest BCUT2D eigenvalue weighted by Crippen LogP contribution is 2.25. The third kappa shape index (κ3) is 4.36. The van der Waals surface area contributed by atoms with Gasteiger partial charge in [-0.2, -0.15) is 0 Å². The Kier molecular flexibility index (Phi) is 5.72. The van der Waals surface area contributed by atoms with Gasteiger partial charge in [0.25, 0.3) is 11.2 Å². The average molecular weight is 417 g/mol. The van der Waals surface area contributed by atoms with Crippen molar-refractivity contribution >= 4 is 46.6 Å². The molecule has 0 spiro atoms. The molecule has 7 nitrogen and oxygen atoms in total. The fourth-order valence-electron chi connectivity index (χ4n) is 2.39. The van der Waals surface area contributed by atoms with Gasteiger partial charge in [-0.3, -0.25) is 19.7 Å². The summed E-state index contributed by atoms with van der Waals surface area (Å²) in [6, 6.07) is 10.9. The fourth-order valence-corrected chi connectivity index (χ4v) is 3.46. The van der Waals surface area contributed by atoms with E-state index in [0.717, 1.165) is 11.3 Å². The molecule has 1 heterocycles. The second-order valence-corrected chi connectivity index (χ2v) is 7.13. The topological polar surface area (TPSA) is 102 Å². The van der Waals surface area contributed by atoms with E-state index in [-0.39, 0.29) is 16.5 Å². The van der Waals surface area contributed by atoms with Gasteiger partial charge in [0.2, 0.25) is 0 Å². The van der Waals surface area contributed by atoms with Crippen LogP contribution >= 0.6 is 22.9 Å². The molecule has 0 bridgehead atoms. The van der Waals surface area contributed by atoms with E-state index in [4.69, 9.17) is 16.3 Å². The molecule has 0 fully saturated rings. The third-order valence-electron chi connectivity index (χ3n) is 3.78. The Morgan fingerprint density at radius 3 is 2.61 bits per heavy atom. The van der Waals surface area contributed by atoms with Gasteiger partial charge in [-0.05, 0) is 42.0 Å². The SMILES string of the molecule is COc1ccc(C(=O)/C=c2/[nH]c(=O)/c(=C/c3ccc(Cl)c([N+](=O)[O-])c3)s2)cc1. The van der Waals surface area contributed by atoms with E-state index in [2.05, 4.69) is 4.98 Å². The van der Waals surface area contributed by atoms with Crippen molar-refractivity contribution in [2.75, 3.05) is 7.11 Å². The van der Waals surface area contributed by atoms with Gasteiger partial charge < -0.3 is 9.72 Å². The van der Waals surface area contributed by atoms with Gasteiger partial charge >= 0.3 is 0 Å². The van der Waals surface area contributed by atoms with Crippen LogP contribution in [0.1, 0.15) is 15.9 Å². The molecule has 2 aromatic carbocycles. The van der Waals surface area contributed by atoms with Gasteiger partial charge in [-0.1, -0.05) is 17.7 Å². The van der Waals surface area contributed by atoms with Crippen LogP contribution in [0.4, 0.5) is 5.69 Å². The predicted molar refractivity (Wildman–Crippen MR) is 108 cm³/mol. The number of carbonyl (C=O) groups excluding carboxylic acids is 1. The van der Waals surface area contributed by atoms with Crippen LogP contribution in [0.3, 0.4) is 0 Å². The quantitative estimate of drug-likeness (QED) is 0.391. The number of halogens is 1. The Labute approximate surface area is 167 Å². The minimum absolute atomic E-state index is 0.0151. The Hall–Kier alpha value is -3.23. The Bertz CT molecular complexity index is 1230. The Balaban J connectivity index is 1.96. The maximum absolute atomic E-state index is 12.3. The molecular formula is C19H13ClN2O5S. The Morgan fingerprint density at radius 1 is 1.25 bits per heavy atom. The van der Waals surface area contributed by atoms with Gasteiger partial charge in [-0.15, -0.1) is 11.3 Å². The zero-order valence-electron chi connectivity index (χ0n) is 14.5. The molecule has 0 amide bonds. The van der Waals surface area contributed by atoms with Crippen molar-refractivity contribution in [1.29, 1.82) is 0 Å². The van der Waals surface area contributed by atoms with Crippen molar-refractivity contribution in [2.45, 2.75) is 0 Å². The van der Waals surface area contributed by atoms with E-state index in [1.54, 1.807) is 30.3 Å². The summed E-state index contributed by atoms with van der Waals surface area (Å²) in [5, 5.41) is 11.0. The summed E-state index contributed by atoms with van der Waals surface area (Å²) in [7, 11) is 1.53. The van der Waals surface area contributed by atoms with Crippen LogP contribution in [-0.4, -0.2) is 22.8 Å². The van der Waals surface area contributed by atoms with Crippen molar-refractivity contribution in [3.05, 3.63) is 88.3 Å². The third-order valence-corrected chi connectivity index (χ3v) is 5.06. The zero-order chi connectivity index (χ0) is 20.3. The maximum atomic E-state index is 12.3. The van der Waals surface area contributed by atoms with Gasteiger partial charge in [-0.25, -0.2) is 0 Å². The van der Waals surface area contributed by atoms with E-state index in [1.807, 2.05) is 0 Å². The summed E-state index contributed by atoms with van der Waals surface area (Å²) in [6.45, 7) is 0. The first kappa shape index (κ1) is 19.5. The molecular weight excluding hydrogens is 404 g/mol. The first-order valence-electron chi connectivity index (χ1n) is 7.92. The van der Waals surface area contributed by atoms with E-state index in [1.165, 1.54) is 31.4 Å². The van der Waals surface area contributed by atoms with Gasteiger partial charge in [0.15, 0.2) is 5.78 Å². The minimum Gasteiger partial charge on any atom is -0.497 e. The standard InChI is InChI=1S/C19H13ClN2O5S/c1-27-13-5-3-12(4-6-13)16(23)10-18-21-19(24)17(28-18)9-11-2-7-14(20)15(8-11)22(25)26/h2-10H,1H3,(H,21,24)/b17-9-,18-10-. The van der Waals surface area contributed by atoms with Crippen molar-refractivity contribution < 1.29 is 14.5 Å². The van der Waals surface area contributed by atoms with E-state index in [0.29, 0.717) is 26.1 Å². The van der Waals surface area contributed by atoms with Crippen LogP contribution in [0, 0.1) is 10.1 Å². The van der Waals surface area contributed by atoms with Crippen LogP contribution in [0.2, 0.25) is 5.02 Å². The molecule has 0 saturated carbocycles. The average Bonchev–Trinajstić information content (AvgIpc) is 3.01. The highest BCUT2D eigenvalue weighted by Gasteiger charge is 2.12. The van der Waals surface area contributed by atoms with Crippen molar-refractivity contribution in [3.63, 3.8) is 0 Å². The van der Waals surface area contributed by atoms with Gasteiger partial charge in [0, 0.05) is 17.7 Å². The summed E-state index contributed by atoms with van der Waals surface area (Å²) >= 11 is 6.87. The summed E-state index contributed by atoms with van der Waals surface area (Å²) < 4.78 is 5.74. The smallest absolute Gasteiger partial charge is 0.288 e. The number of H-pyrrole nitrogens is 1. The molecule has 28 heavy (non-hydrogen) atoms. The summed E-state index contributed by atoms with van der Waals surface area (Å²) in [4.78, 5) is 37.5. The number of benzene rings is 2. The first-order chi connectivity index (χ1) is 13.4. The molecule has 3 rings (SSSR count). The number of carbonyl (C=O) groups is 1. The summed E-state index contributed by atoms with van der Waals surface area (Å²) in [5.74, 6) is 0.365. The molecule has 0 aliphatic heterocycles. The number of rotatable bonds is 5. The van der Waals surface area contributed by atoms with Crippen molar-refractivity contribution in [3.8, 4) is 5.75 Å². The number of nitro groups is 1. The molecule has 0 unspecified atom stereocenters. The normalized spacial score (nSPS) is 12.2. The zero-order valence-corrected chi connectivity index (χ0v) is 16.0. The molecule has 1 aromatic heterocycles. The molecule has 0 radical (unpaired) electrons. The number of Topliss-reactive ketones (excluding diaryl/α,β-unsaturated/α-hetero) is 1. The highest BCUT2D eigenvalue weighted by atomic mass is 35.5. The number of hydrogen-bond acceptors (Lipinski definition) is 6. The lowest BCUT2D eigenvalue weighted by Crippen LogP contribution is -2.20. The molecule has 0 atom stereocenters. The second-order valence-electron chi connectivity index (χ2n) is 5.63. The molecule has 142 valence electrons. The first-order valence-corrected chi connectivity index (χ1v) is 9.12. The number of hydrogen-bond donors (Lipinski definition) is 1. The highest BCUT2D eigenvalue weighted by molar-refractivity contribution is 7.07. The van der Waals surface area contributed by atoms with E-state index in [9.17, 15) is 19.7 Å². The molecule has 0 aliphatic carbocycles. The number of nitrogens with zero attached hydrogens (tertiary/aromatic N) is 1. The van der Waals surface area contributed by atoms with Crippen LogP contribution in [0.15, 0.2) is 47.3 Å². The number of ether oxygens (including phenoxy) is 1. The fraction of sp³-hybridized carbons (Fsp3) is 0.0526. The minimum atomic E-state index is -0.592. The number of ketones is 1. The van der Waals surface area contributed by atoms with Gasteiger partial charge in [0.05, 0.1) is 21.2 Å². The Morgan fingerprint density at radius 2 is 1.96 bits per heavy atom. The van der Waals surface area contributed by atoms with Crippen molar-refractivity contribution in [2.24, 2.45) is 0 Å². The lowest BCUT2D eigenvalue weighted by Gasteiger charge is -1.99. The lowest BCUT2D eigenvalue weighted by molar-refractivity contribution is -0.384. The molecule has 0 saturated heterocycles. The molecule has 3 aromatic rings. The molecule has 9 heteroatoms. The summed E-state index contributed by atoms with van der Waals surface area (Å²) in [5.41, 5.74) is 0.270. The second kappa shape index (κ2) is 8.20. The summed E-state index contributed by atoms with van der Waals surface area (Å²) in [6.07, 6.45) is 2.83. The van der Waals surface area contributed by atoms with Crippen LogP contribution in [0.5, 0.6) is 5.75 Å². The number of aromatic amines is 1. The van der Waals surface area contributed by atoms with Crippen LogP contribution in [0.25, 0.3) is 12.2 Å². The maximum Gasteiger partial charge on any atom is 0.288 e. The van der Waals surface area contributed by atoms with Gasteiger partial charge in [0.1, 0.15) is 10.8 Å². The number of thiazole rings is 1. The van der Waals surface area contributed by atoms with E-state index >= 15 is 0 Å². The number of nitro benzene ring substituents is 1. The largest absolute Gasteiger partial charge is 0.497 e. The number of aromatic nitrogens is 1. The van der Waals surface area contributed by atoms with Crippen molar-refractivity contribution in [1.82, 2.24) is 4.98 Å². The number of methoxy groups -OCH3 is 1.